The largest absolute Gasteiger partial charge is 0.347 e. The lowest BCUT2D eigenvalue weighted by molar-refractivity contribution is -0.138. The molecule has 16 heavy (non-hydrogen) atoms. The van der Waals surface area contributed by atoms with Crippen molar-refractivity contribution in [3.8, 4) is 0 Å². The molecule has 5 heteroatoms. The van der Waals surface area contributed by atoms with Gasteiger partial charge in [-0.1, -0.05) is 13.8 Å². The van der Waals surface area contributed by atoms with Crippen LogP contribution in [0.5, 0.6) is 0 Å². The van der Waals surface area contributed by atoms with Gasteiger partial charge in [0.05, 0.1) is 13.1 Å². The highest BCUT2D eigenvalue weighted by Gasteiger charge is 2.16. The third-order valence-corrected chi connectivity index (χ3v) is 2.20. The van der Waals surface area contributed by atoms with E-state index in [9.17, 15) is 9.59 Å². The third-order valence-electron chi connectivity index (χ3n) is 2.20. The summed E-state index contributed by atoms with van der Waals surface area (Å²) in [4.78, 5) is 26.4. The van der Waals surface area contributed by atoms with Gasteiger partial charge in [0.2, 0.25) is 11.8 Å². The van der Waals surface area contributed by atoms with Crippen LogP contribution in [-0.2, 0) is 9.59 Å². The van der Waals surface area contributed by atoms with Gasteiger partial charge in [0.1, 0.15) is 0 Å². The summed E-state index contributed by atoms with van der Waals surface area (Å²) < 4.78 is 0. The number of amides is 2. The van der Waals surface area contributed by atoms with E-state index < -0.39 is 0 Å². The van der Waals surface area contributed by atoms with E-state index in [-0.39, 0.29) is 18.4 Å². The molecule has 0 spiro atoms. The molecule has 0 aromatic carbocycles. The molecule has 94 valence electrons. The number of hydrogen-bond donors (Lipinski definition) is 1. The number of carbonyl (C=O) groups is 2. The van der Waals surface area contributed by atoms with Crippen molar-refractivity contribution in [2.24, 2.45) is 0 Å². The summed E-state index contributed by atoms with van der Waals surface area (Å²) in [6.45, 7) is 5.80. The van der Waals surface area contributed by atoms with Gasteiger partial charge < -0.3 is 15.1 Å². The maximum absolute atomic E-state index is 11.7. The molecule has 0 aromatic rings. The Labute approximate surface area is 97.8 Å². The Morgan fingerprint density at radius 1 is 1.12 bits per heavy atom. The summed E-state index contributed by atoms with van der Waals surface area (Å²) in [5.41, 5.74) is 0. The molecular formula is C11H23N3O2. The van der Waals surface area contributed by atoms with E-state index in [1.165, 1.54) is 4.90 Å². The molecule has 0 aliphatic carbocycles. The Kier molecular flexibility index (Phi) is 7.54. The summed E-state index contributed by atoms with van der Waals surface area (Å²) in [6, 6.07) is 0. The normalized spacial score (nSPS) is 10.0. The molecule has 0 aliphatic heterocycles. The van der Waals surface area contributed by atoms with Crippen LogP contribution in [0.4, 0.5) is 0 Å². The van der Waals surface area contributed by atoms with E-state index in [1.54, 1.807) is 19.0 Å². The molecule has 0 atom stereocenters. The van der Waals surface area contributed by atoms with E-state index >= 15 is 0 Å². The highest BCUT2D eigenvalue weighted by Crippen LogP contribution is 1.94. The fraction of sp³-hybridized carbons (Fsp3) is 0.818. The predicted molar refractivity (Wildman–Crippen MR) is 64.1 cm³/mol. The first-order chi connectivity index (χ1) is 7.52. The van der Waals surface area contributed by atoms with Crippen molar-refractivity contribution in [2.75, 3.05) is 40.3 Å². The fourth-order valence-electron chi connectivity index (χ4n) is 1.21. The Balaban J connectivity index is 4.25. The number of rotatable bonds is 7. The smallest absolute Gasteiger partial charge is 0.241 e. The first kappa shape index (κ1) is 14.9. The standard InChI is InChI=1S/C11H23N3O2/c1-5-7-14(9-11(16)13(3)4)10(15)8-12-6-2/h12H,5-9H2,1-4H3. The van der Waals surface area contributed by atoms with Gasteiger partial charge in [-0.3, -0.25) is 9.59 Å². The van der Waals surface area contributed by atoms with Crippen molar-refractivity contribution in [2.45, 2.75) is 20.3 Å². The second kappa shape index (κ2) is 8.10. The molecule has 2 amide bonds. The van der Waals surface area contributed by atoms with Crippen LogP contribution in [0.3, 0.4) is 0 Å². The van der Waals surface area contributed by atoms with Gasteiger partial charge in [-0.05, 0) is 13.0 Å². The van der Waals surface area contributed by atoms with Gasteiger partial charge in [-0.2, -0.15) is 0 Å². The fourth-order valence-corrected chi connectivity index (χ4v) is 1.21. The topological polar surface area (TPSA) is 52.7 Å². The molecule has 5 nitrogen and oxygen atoms in total. The second-order valence-corrected chi connectivity index (χ2v) is 3.88. The summed E-state index contributed by atoms with van der Waals surface area (Å²) in [6.07, 6.45) is 0.860. The zero-order chi connectivity index (χ0) is 12.6. The van der Waals surface area contributed by atoms with Crippen LogP contribution in [0.25, 0.3) is 0 Å². The van der Waals surface area contributed by atoms with Gasteiger partial charge >= 0.3 is 0 Å². The van der Waals surface area contributed by atoms with E-state index in [1.807, 2.05) is 13.8 Å². The van der Waals surface area contributed by atoms with Crippen molar-refractivity contribution in [1.82, 2.24) is 15.1 Å². The maximum atomic E-state index is 11.7. The van der Waals surface area contributed by atoms with E-state index in [4.69, 9.17) is 0 Å². The van der Waals surface area contributed by atoms with Crippen LogP contribution >= 0.6 is 0 Å². The Morgan fingerprint density at radius 2 is 1.75 bits per heavy atom. The van der Waals surface area contributed by atoms with Gasteiger partial charge in [-0.15, -0.1) is 0 Å². The van der Waals surface area contributed by atoms with Crippen LogP contribution in [-0.4, -0.2) is 61.9 Å². The number of nitrogens with one attached hydrogen (secondary N) is 1. The molecule has 0 aromatic heterocycles. The first-order valence-corrected chi connectivity index (χ1v) is 5.71. The minimum absolute atomic E-state index is 0.0149. The summed E-state index contributed by atoms with van der Waals surface area (Å²) in [5.74, 6) is -0.0581. The number of hydrogen-bond acceptors (Lipinski definition) is 3. The van der Waals surface area contributed by atoms with Gasteiger partial charge in [0.15, 0.2) is 0 Å². The van der Waals surface area contributed by atoms with E-state index in [0.717, 1.165) is 13.0 Å². The van der Waals surface area contributed by atoms with E-state index in [2.05, 4.69) is 5.32 Å². The van der Waals surface area contributed by atoms with Crippen molar-refractivity contribution in [3.05, 3.63) is 0 Å². The molecule has 0 radical (unpaired) electrons. The lowest BCUT2D eigenvalue weighted by Crippen LogP contribution is -2.44. The Morgan fingerprint density at radius 3 is 2.19 bits per heavy atom. The van der Waals surface area contributed by atoms with Crippen molar-refractivity contribution >= 4 is 11.8 Å². The third kappa shape index (κ3) is 5.70. The van der Waals surface area contributed by atoms with Crippen molar-refractivity contribution in [1.29, 1.82) is 0 Å². The zero-order valence-electron chi connectivity index (χ0n) is 10.7. The van der Waals surface area contributed by atoms with Crippen LogP contribution in [0.15, 0.2) is 0 Å². The summed E-state index contributed by atoms with van der Waals surface area (Å²) in [5, 5.41) is 2.97. The van der Waals surface area contributed by atoms with Crippen molar-refractivity contribution in [3.63, 3.8) is 0 Å². The number of carbonyl (C=O) groups excluding carboxylic acids is 2. The van der Waals surface area contributed by atoms with Crippen LogP contribution in [0.2, 0.25) is 0 Å². The molecule has 1 N–H and O–H groups in total. The van der Waals surface area contributed by atoms with Crippen molar-refractivity contribution < 1.29 is 9.59 Å². The van der Waals surface area contributed by atoms with E-state index in [0.29, 0.717) is 13.1 Å². The quantitative estimate of drug-likeness (QED) is 0.664. The highest BCUT2D eigenvalue weighted by atomic mass is 16.2. The van der Waals surface area contributed by atoms with Gasteiger partial charge in [-0.25, -0.2) is 0 Å². The number of likely N-dealkylation sites (N-methyl/N-ethyl adjacent to an activating group) is 2. The molecule has 0 saturated heterocycles. The Bertz CT molecular complexity index is 229. The molecule has 0 aliphatic rings. The molecule has 0 heterocycles. The summed E-state index contributed by atoms with van der Waals surface area (Å²) >= 11 is 0. The first-order valence-electron chi connectivity index (χ1n) is 5.71. The predicted octanol–water partition coefficient (Wildman–Crippen LogP) is -0.0773. The van der Waals surface area contributed by atoms with Gasteiger partial charge in [0.25, 0.3) is 0 Å². The lowest BCUT2D eigenvalue weighted by Gasteiger charge is -2.23. The SMILES string of the molecule is CCCN(CC(=O)N(C)C)C(=O)CNCC. The average molecular weight is 229 g/mol. The molecular weight excluding hydrogens is 206 g/mol. The zero-order valence-corrected chi connectivity index (χ0v) is 10.7. The number of nitrogens with zero attached hydrogens (tertiary/aromatic N) is 2. The van der Waals surface area contributed by atoms with Crippen LogP contribution in [0, 0.1) is 0 Å². The molecule has 0 bridgehead atoms. The Hall–Kier alpha value is -1.10. The molecule has 0 rings (SSSR count). The lowest BCUT2D eigenvalue weighted by atomic mass is 10.3. The average Bonchev–Trinajstić information content (AvgIpc) is 2.24. The molecule has 0 unspecified atom stereocenters. The minimum Gasteiger partial charge on any atom is -0.347 e. The van der Waals surface area contributed by atoms with Crippen LogP contribution < -0.4 is 5.32 Å². The second-order valence-electron chi connectivity index (χ2n) is 3.88. The minimum atomic E-state index is -0.0432. The molecule has 0 fully saturated rings. The monoisotopic (exact) mass is 229 g/mol. The van der Waals surface area contributed by atoms with Gasteiger partial charge in [0, 0.05) is 20.6 Å². The van der Waals surface area contributed by atoms with Crippen LogP contribution in [0.1, 0.15) is 20.3 Å². The molecule has 0 saturated carbocycles. The summed E-state index contributed by atoms with van der Waals surface area (Å²) in [7, 11) is 3.39. The maximum Gasteiger partial charge on any atom is 0.241 e. The highest BCUT2D eigenvalue weighted by molar-refractivity contribution is 5.85.